The molecule has 0 aromatic rings. The van der Waals surface area contributed by atoms with Crippen LogP contribution in [0.5, 0.6) is 0 Å². The Hall–Kier alpha value is -0.200. The Morgan fingerprint density at radius 3 is 1.54 bits per heavy atom. The molecule has 1 aliphatic rings. The van der Waals surface area contributed by atoms with E-state index in [1.54, 1.807) is 14.0 Å². The van der Waals surface area contributed by atoms with Gasteiger partial charge in [0.05, 0.1) is 30.5 Å². The first-order valence-electron chi connectivity index (χ1n) is 4.40. The molecule has 0 aromatic heterocycles. The van der Waals surface area contributed by atoms with Crippen LogP contribution in [0.3, 0.4) is 0 Å². The van der Waals surface area contributed by atoms with Gasteiger partial charge in [-0.25, -0.2) is 0 Å². The average molecular weight is 191 g/mol. The van der Waals surface area contributed by atoms with Crippen LogP contribution in [0.2, 0.25) is 0 Å². The lowest BCUT2D eigenvalue weighted by molar-refractivity contribution is -0.157. The molecule has 0 spiro atoms. The SMILES string of the molecule is CNC1[C@@H](O)[C@H](O)C(C)[C@H](O)[C@H]1O. The molecule has 0 bridgehead atoms. The van der Waals surface area contributed by atoms with Crippen LogP contribution in [0.25, 0.3) is 0 Å². The number of likely N-dealkylation sites (N-methyl/N-ethyl adjacent to an activating group) is 1. The van der Waals surface area contributed by atoms with Crippen molar-refractivity contribution in [3.05, 3.63) is 0 Å². The zero-order valence-electron chi connectivity index (χ0n) is 7.75. The van der Waals surface area contributed by atoms with E-state index < -0.39 is 36.4 Å². The number of hydrogen-bond acceptors (Lipinski definition) is 5. The largest absolute Gasteiger partial charge is 0.390 e. The van der Waals surface area contributed by atoms with Gasteiger partial charge >= 0.3 is 0 Å². The fourth-order valence-corrected chi connectivity index (χ4v) is 1.79. The van der Waals surface area contributed by atoms with Crippen molar-refractivity contribution >= 4 is 0 Å². The van der Waals surface area contributed by atoms with Crippen LogP contribution in [0.4, 0.5) is 0 Å². The van der Waals surface area contributed by atoms with Crippen LogP contribution in [0, 0.1) is 5.92 Å². The fraction of sp³-hybridized carbons (Fsp3) is 1.00. The molecule has 0 radical (unpaired) electrons. The first kappa shape index (κ1) is 10.9. The molecule has 0 aliphatic heterocycles. The van der Waals surface area contributed by atoms with Crippen LogP contribution in [-0.2, 0) is 0 Å². The molecule has 5 nitrogen and oxygen atoms in total. The van der Waals surface area contributed by atoms with E-state index in [9.17, 15) is 20.4 Å². The summed E-state index contributed by atoms with van der Waals surface area (Å²) in [6.45, 7) is 1.59. The van der Waals surface area contributed by atoms with Gasteiger partial charge < -0.3 is 25.7 Å². The van der Waals surface area contributed by atoms with E-state index >= 15 is 0 Å². The van der Waals surface area contributed by atoms with Gasteiger partial charge in [0, 0.05) is 5.92 Å². The second-order valence-corrected chi connectivity index (χ2v) is 3.64. The van der Waals surface area contributed by atoms with Crippen molar-refractivity contribution in [3.63, 3.8) is 0 Å². The molecular formula is C8H17NO4. The minimum atomic E-state index is -1.04. The third-order valence-corrected chi connectivity index (χ3v) is 2.85. The maximum Gasteiger partial charge on any atom is 0.0981 e. The summed E-state index contributed by atoms with van der Waals surface area (Å²) < 4.78 is 0. The van der Waals surface area contributed by atoms with Crippen molar-refractivity contribution in [2.45, 2.75) is 37.4 Å². The molecule has 1 saturated carbocycles. The summed E-state index contributed by atoms with van der Waals surface area (Å²) in [6.07, 6.45) is -4.09. The fourth-order valence-electron chi connectivity index (χ4n) is 1.79. The Morgan fingerprint density at radius 1 is 0.846 bits per heavy atom. The van der Waals surface area contributed by atoms with E-state index in [1.807, 2.05) is 0 Å². The molecule has 1 aliphatic carbocycles. The Morgan fingerprint density at radius 2 is 1.23 bits per heavy atom. The molecule has 0 aromatic carbocycles. The molecule has 0 heterocycles. The predicted molar refractivity (Wildman–Crippen MR) is 46.0 cm³/mol. The highest BCUT2D eigenvalue weighted by molar-refractivity contribution is 4.99. The number of aliphatic hydroxyl groups excluding tert-OH is 4. The van der Waals surface area contributed by atoms with E-state index in [4.69, 9.17) is 0 Å². The number of hydrogen-bond donors (Lipinski definition) is 5. The topological polar surface area (TPSA) is 93.0 Å². The molecular weight excluding hydrogens is 174 g/mol. The summed E-state index contributed by atoms with van der Waals surface area (Å²) in [7, 11) is 1.56. The molecule has 0 amide bonds. The van der Waals surface area contributed by atoms with Crippen LogP contribution in [-0.4, -0.2) is 57.9 Å². The Bertz CT molecular complexity index is 162. The Kier molecular flexibility index (Phi) is 3.26. The van der Waals surface area contributed by atoms with Crippen LogP contribution < -0.4 is 5.32 Å². The van der Waals surface area contributed by atoms with Crippen molar-refractivity contribution in [2.75, 3.05) is 7.05 Å². The van der Waals surface area contributed by atoms with Crippen LogP contribution in [0.15, 0.2) is 0 Å². The van der Waals surface area contributed by atoms with Crippen molar-refractivity contribution in [1.29, 1.82) is 0 Å². The van der Waals surface area contributed by atoms with E-state index in [0.717, 1.165) is 0 Å². The molecule has 0 saturated heterocycles. The molecule has 6 atom stereocenters. The molecule has 1 fully saturated rings. The van der Waals surface area contributed by atoms with Crippen molar-refractivity contribution < 1.29 is 20.4 Å². The van der Waals surface area contributed by atoms with Gasteiger partial charge in [0.15, 0.2) is 0 Å². The van der Waals surface area contributed by atoms with Crippen molar-refractivity contribution in [2.24, 2.45) is 5.92 Å². The Labute approximate surface area is 77.0 Å². The van der Waals surface area contributed by atoms with Gasteiger partial charge in [0.25, 0.3) is 0 Å². The van der Waals surface area contributed by atoms with Gasteiger partial charge in [-0.1, -0.05) is 6.92 Å². The molecule has 2 unspecified atom stereocenters. The minimum absolute atomic E-state index is 0.519. The molecule has 5 heteroatoms. The lowest BCUT2D eigenvalue weighted by Gasteiger charge is -2.42. The third kappa shape index (κ3) is 1.70. The highest BCUT2D eigenvalue weighted by atomic mass is 16.4. The monoisotopic (exact) mass is 191 g/mol. The number of aliphatic hydroxyl groups is 4. The Balaban J connectivity index is 2.79. The van der Waals surface area contributed by atoms with Crippen LogP contribution >= 0.6 is 0 Å². The molecule has 1 rings (SSSR count). The van der Waals surface area contributed by atoms with Gasteiger partial charge in [-0.15, -0.1) is 0 Å². The van der Waals surface area contributed by atoms with E-state index in [2.05, 4.69) is 5.32 Å². The smallest absolute Gasteiger partial charge is 0.0981 e. The third-order valence-electron chi connectivity index (χ3n) is 2.85. The average Bonchev–Trinajstić information content (AvgIpc) is 2.13. The highest BCUT2D eigenvalue weighted by Gasteiger charge is 2.45. The summed E-state index contributed by atoms with van der Waals surface area (Å²) in [4.78, 5) is 0. The van der Waals surface area contributed by atoms with Gasteiger partial charge in [-0.3, -0.25) is 0 Å². The van der Waals surface area contributed by atoms with E-state index in [-0.39, 0.29) is 0 Å². The quantitative estimate of drug-likeness (QED) is 0.320. The maximum absolute atomic E-state index is 9.51. The predicted octanol–water partition coefficient (Wildman–Crippen LogP) is -2.33. The minimum Gasteiger partial charge on any atom is -0.390 e. The number of nitrogens with one attached hydrogen (secondary N) is 1. The lowest BCUT2D eigenvalue weighted by atomic mass is 9.78. The second kappa shape index (κ2) is 3.89. The normalized spacial score (nSPS) is 52.2. The summed E-state index contributed by atoms with van der Waals surface area (Å²) >= 11 is 0. The van der Waals surface area contributed by atoms with Gasteiger partial charge in [-0.05, 0) is 7.05 Å². The molecule has 5 N–H and O–H groups in total. The van der Waals surface area contributed by atoms with Crippen molar-refractivity contribution in [1.82, 2.24) is 5.32 Å². The standard InChI is InChI=1S/C8H17NO4/c1-3-5(10)7(12)4(9-2)8(13)6(3)11/h3-13H,1-2H3/t3?,4?,5-,6+,7-,8+. The summed E-state index contributed by atoms with van der Waals surface area (Å²) in [5.41, 5.74) is 0. The van der Waals surface area contributed by atoms with Gasteiger partial charge in [-0.2, -0.15) is 0 Å². The summed E-state index contributed by atoms with van der Waals surface area (Å²) in [5.74, 6) is -0.519. The van der Waals surface area contributed by atoms with Gasteiger partial charge in [0.1, 0.15) is 0 Å². The van der Waals surface area contributed by atoms with Crippen molar-refractivity contribution in [3.8, 4) is 0 Å². The molecule has 78 valence electrons. The number of rotatable bonds is 1. The lowest BCUT2D eigenvalue weighted by Crippen LogP contribution is -2.64. The summed E-state index contributed by atoms with van der Waals surface area (Å²) in [5, 5.41) is 40.6. The zero-order chi connectivity index (χ0) is 10.2. The van der Waals surface area contributed by atoms with E-state index in [1.165, 1.54) is 0 Å². The van der Waals surface area contributed by atoms with Crippen LogP contribution in [0.1, 0.15) is 6.92 Å². The maximum atomic E-state index is 9.51. The van der Waals surface area contributed by atoms with Gasteiger partial charge in [0.2, 0.25) is 0 Å². The summed E-state index contributed by atoms with van der Waals surface area (Å²) in [6, 6.07) is -0.679. The molecule has 13 heavy (non-hydrogen) atoms. The highest BCUT2D eigenvalue weighted by Crippen LogP contribution is 2.25. The second-order valence-electron chi connectivity index (χ2n) is 3.64. The first-order valence-corrected chi connectivity index (χ1v) is 4.40. The van der Waals surface area contributed by atoms with E-state index in [0.29, 0.717) is 0 Å². The zero-order valence-corrected chi connectivity index (χ0v) is 7.75. The first-order chi connectivity index (χ1) is 6.00.